The quantitative estimate of drug-likeness (QED) is 0.545. The fourth-order valence-corrected chi connectivity index (χ4v) is 4.78. The Morgan fingerprint density at radius 3 is 2.39 bits per heavy atom. The summed E-state index contributed by atoms with van der Waals surface area (Å²) >= 11 is 0. The largest absolute Gasteiger partial charge is 0.339 e. The zero-order chi connectivity index (χ0) is 27.7. The number of hydrogen-bond acceptors (Lipinski definition) is 5. The van der Waals surface area contributed by atoms with E-state index in [2.05, 4.69) is 24.5 Å². The first-order chi connectivity index (χ1) is 18.0. The Kier molecular flexibility index (Phi) is 7.50. The van der Waals surface area contributed by atoms with Crippen LogP contribution in [0.5, 0.6) is 0 Å². The van der Waals surface area contributed by atoms with Crippen LogP contribution in [-0.4, -0.2) is 79.1 Å². The van der Waals surface area contributed by atoms with Gasteiger partial charge in [-0.2, -0.15) is 0 Å². The predicted molar refractivity (Wildman–Crippen MR) is 146 cm³/mol. The van der Waals surface area contributed by atoms with Gasteiger partial charge in [0.2, 0.25) is 5.91 Å². The van der Waals surface area contributed by atoms with Gasteiger partial charge in [-0.1, -0.05) is 31.4 Å². The van der Waals surface area contributed by atoms with Crippen molar-refractivity contribution in [3.63, 3.8) is 0 Å². The minimum atomic E-state index is -0.658. The summed E-state index contributed by atoms with van der Waals surface area (Å²) in [4.78, 5) is 57.2. The Balaban J connectivity index is 1.49. The molecule has 0 aliphatic carbocycles. The van der Waals surface area contributed by atoms with Crippen molar-refractivity contribution >= 4 is 29.3 Å². The van der Waals surface area contributed by atoms with Gasteiger partial charge in [-0.15, -0.1) is 0 Å². The third kappa shape index (κ3) is 5.10. The van der Waals surface area contributed by atoms with Gasteiger partial charge in [-0.05, 0) is 61.0 Å². The molecule has 0 atom stereocenters. The van der Waals surface area contributed by atoms with E-state index in [4.69, 9.17) is 0 Å². The first kappa shape index (κ1) is 26.8. The lowest BCUT2D eigenvalue weighted by atomic mass is 9.95. The Hall–Kier alpha value is -4.24. The number of carbonyl (C=O) groups is 4. The maximum atomic E-state index is 13.2. The maximum Gasteiger partial charge on any atom is 0.271 e. The molecule has 9 nitrogen and oxygen atoms in total. The number of hydrogen-bond donors (Lipinski definition) is 1. The van der Waals surface area contributed by atoms with Crippen LogP contribution in [-0.2, 0) is 27.3 Å². The van der Waals surface area contributed by atoms with Gasteiger partial charge >= 0.3 is 0 Å². The molecule has 38 heavy (non-hydrogen) atoms. The summed E-state index contributed by atoms with van der Waals surface area (Å²) in [6, 6.07) is 11.5. The van der Waals surface area contributed by atoms with Gasteiger partial charge in [0, 0.05) is 44.9 Å². The third-order valence-electron chi connectivity index (χ3n) is 6.97. The Bertz CT molecular complexity index is 1360. The number of rotatable bonds is 8. The van der Waals surface area contributed by atoms with E-state index in [0.717, 1.165) is 34.4 Å². The van der Waals surface area contributed by atoms with E-state index in [9.17, 15) is 19.2 Å². The molecule has 1 N–H and O–H groups in total. The minimum Gasteiger partial charge on any atom is -0.339 e. The lowest BCUT2D eigenvalue weighted by Crippen LogP contribution is -2.41. The van der Waals surface area contributed by atoms with Crippen molar-refractivity contribution in [3.8, 4) is 11.1 Å². The smallest absolute Gasteiger partial charge is 0.271 e. The fourth-order valence-electron chi connectivity index (χ4n) is 4.78. The number of anilines is 1. The first-order valence-corrected chi connectivity index (χ1v) is 12.4. The van der Waals surface area contributed by atoms with Crippen LogP contribution in [0.2, 0.25) is 0 Å². The van der Waals surface area contributed by atoms with Gasteiger partial charge in [0.15, 0.2) is 0 Å². The van der Waals surface area contributed by atoms with Crippen LogP contribution in [0.3, 0.4) is 0 Å². The fraction of sp³-hybridized carbons (Fsp3) is 0.310. The normalized spacial score (nSPS) is 13.9. The van der Waals surface area contributed by atoms with Crippen molar-refractivity contribution < 1.29 is 19.2 Å². The second-order valence-corrected chi connectivity index (χ2v) is 9.90. The third-order valence-corrected chi connectivity index (χ3v) is 6.97. The Morgan fingerprint density at radius 2 is 1.71 bits per heavy atom. The molecule has 9 heteroatoms. The molecular formula is C29H33N5O4. The highest BCUT2D eigenvalue weighted by Crippen LogP contribution is 2.37. The summed E-state index contributed by atoms with van der Waals surface area (Å²) in [6.07, 6.45) is 0.771. The molecule has 0 spiro atoms. The maximum absolute atomic E-state index is 13.2. The topological polar surface area (TPSA) is 93.3 Å². The van der Waals surface area contributed by atoms with Crippen molar-refractivity contribution in [1.82, 2.24) is 20.0 Å². The molecule has 4 rings (SSSR count). The summed E-state index contributed by atoms with van der Waals surface area (Å²) < 4.78 is 0. The van der Waals surface area contributed by atoms with Crippen LogP contribution in [0.1, 0.15) is 28.4 Å². The standard InChI is InChI=1S/C29H33N5O4/c1-18(28(37)32(6)15-14-31(4)5)30-27(36)19(2)34-17-25-23(8-7-9-24(25)29(34)38)21-10-11-26-22(16-21)12-13-33(26)20(3)35/h7-11,16H,1-2,12-15,17H2,3-6H3,(H,30,36). The second-order valence-electron chi connectivity index (χ2n) is 9.90. The summed E-state index contributed by atoms with van der Waals surface area (Å²) in [5.41, 5.74) is 4.98. The molecule has 2 aliphatic rings. The van der Waals surface area contributed by atoms with Crippen LogP contribution in [0.4, 0.5) is 5.69 Å². The molecule has 0 bridgehead atoms. The van der Waals surface area contributed by atoms with Crippen molar-refractivity contribution in [2.45, 2.75) is 19.9 Å². The van der Waals surface area contributed by atoms with E-state index >= 15 is 0 Å². The lowest BCUT2D eigenvalue weighted by Gasteiger charge is -2.22. The molecule has 2 aliphatic heterocycles. The number of benzene rings is 2. The van der Waals surface area contributed by atoms with Crippen molar-refractivity contribution in [2.75, 3.05) is 45.7 Å². The zero-order valence-electron chi connectivity index (χ0n) is 22.3. The lowest BCUT2D eigenvalue weighted by molar-refractivity contribution is -0.128. The molecule has 198 valence electrons. The van der Waals surface area contributed by atoms with Gasteiger partial charge < -0.3 is 20.0 Å². The number of fused-ring (bicyclic) bond motifs is 2. The number of likely N-dealkylation sites (N-methyl/N-ethyl adjacent to an activating group) is 2. The summed E-state index contributed by atoms with van der Waals surface area (Å²) in [7, 11) is 5.44. The molecule has 0 aromatic heterocycles. The van der Waals surface area contributed by atoms with Gasteiger partial charge in [0.05, 0.1) is 12.2 Å². The van der Waals surface area contributed by atoms with Crippen molar-refractivity contribution in [1.29, 1.82) is 0 Å². The molecular weight excluding hydrogens is 482 g/mol. The van der Waals surface area contributed by atoms with E-state index in [1.54, 1.807) is 24.9 Å². The molecule has 0 unspecified atom stereocenters. The van der Waals surface area contributed by atoms with E-state index in [-0.39, 0.29) is 29.8 Å². The average molecular weight is 516 g/mol. The van der Waals surface area contributed by atoms with Crippen LogP contribution >= 0.6 is 0 Å². The van der Waals surface area contributed by atoms with E-state index < -0.39 is 11.8 Å². The van der Waals surface area contributed by atoms with E-state index in [1.165, 1.54) is 9.80 Å². The first-order valence-electron chi connectivity index (χ1n) is 12.4. The molecule has 0 saturated heterocycles. The number of carbonyl (C=O) groups excluding carboxylic acids is 4. The SMILES string of the molecule is C=C(NC(=O)C(=C)N1Cc2c(cccc2-c2ccc3c(c2)CCN3C(C)=O)C1=O)C(=O)N(C)CCN(C)C. The molecule has 0 fully saturated rings. The summed E-state index contributed by atoms with van der Waals surface area (Å²) in [5, 5.41) is 2.50. The molecule has 0 saturated carbocycles. The monoisotopic (exact) mass is 515 g/mol. The zero-order valence-corrected chi connectivity index (χ0v) is 22.3. The highest BCUT2D eigenvalue weighted by molar-refractivity contribution is 6.08. The van der Waals surface area contributed by atoms with Crippen molar-refractivity contribution in [2.24, 2.45) is 0 Å². The van der Waals surface area contributed by atoms with Gasteiger partial charge in [0.1, 0.15) is 5.70 Å². The molecule has 2 heterocycles. The van der Waals surface area contributed by atoms with E-state index in [0.29, 0.717) is 25.2 Å². The second kappa shape index (κ2) is 10.6. The van der Waals surface area contributed by atoms with Gasteiger partial charge in [-0.25, -0.2) is 0 Å². The molecule has 4 amide bonds. The highest BCUT2D eigenvalue weighted by Gasteiger charge is 2.34. The number of nitrogens with one attached hydrogen (secondary N) is 1. The van der Waals surface area contributed by atoms with Crippen molar-refractivity contribution in [3.05, 3.63) is 77.6 Å². The van der Waals surface area contributed by atoms with Crippen LogP contribution in [0, 0.1) is 0 Å². The van der Waals surface area contributed by atoms with Crippen LogP contribution in [0.15, 0.2) is 61.0 Å². The summed E-state index contributed by atoms with van der Waals surface area (Å²) in [5.74, 6) is -1.38. The minimum absolute atomic E-state index is 0.0136. The predicted octanol–water partition coefficient (Wildman–Crippen LogP) is 2.38. The number of nitrogens with zero attached hydrogens (tertiary/aromatic N) is 4. The molecule has 2 aromatic rings. The Labute approximate surface area is 223 Å². The van der Waals surface area contributed by atoms with Crippen LogP contribution < -0.4 is 10.2 Å². The van der Waals surface area contributed by atoms with Gasteiger partial charge in [0.25, 0.3) is 17.7 Å². The van der Waals surface area contributed by atoms with Gasteiger partial charge in [-0.3, -0.25) is 24.1 Å². The van der Waals surface area contributed by atoms with Crippen LogP contribution in [0.25, 0.3) is 11.1 Å². The van der Waals surface area contributed by atoms with E-state index in [1.807, 2.05) is 43.3 Å². The average Bonchev–Trinajstić information content (AvgIpc) is 3.47. The molecule has 2 aromatic carbocycles. The number of amides is 4. The summed E-state index contributed by atoms with van der Waals surface area (Å²) in [6.45, 7) is 11.1. The molecule has 0 radical (unpaired) electrons. The highest BCUT2D eigenvalue weighted by atomic mass is 16.2. The Morgan fingerprint density at radius 1 is 1.00 bits per heavy atom.